The molecule has 1 aliphatic rings. The molecule has 2 aromatic carbocycles. The van der Waals surface area contributed by atoms with Crippen LogP contribution in [0.1, 0.15) is 59.8 Å². The quantitative estimate of drug-likeness (QED) is 0.291. The van der Waals surface area contributed by atoms with Crippen LogP contribution in [0.2, 0.25) is 0 Å². The van der Waals surface area contributed by atoms with Crippen molar-refractivity contribution in [1.29, 1.82) is 0 Å². The Labute approximate surface area is 238 Å². The molecule has 0 saturated heterocycles. The Morgan fingerprint density at radius 3 is 2.61 bits per heavy atom. The number of carboxylic acid groups (broad SMARTS) is 1. The maximum Gasteiger partial charge on any atom is 0.452 e. The van der Waals surface area contributed by atoms with E-state index in [2.05, 4.69) is 10.2 Å². The first-order valence-corrected chi connectivity index (χ1v) is 14.0. The van der Waals surface area contributed by atoms with E-state index >= 15 is 0 Å². The number of para-hydroxylation sites is 1. The number of ether oxygens (including phenoxy) is 1. The number of pyridine rings is 1. The molecule has 0 saturated carbocycles. The van der Waals surface area contributed by atoms with Crippen LogP contribution >= 0.6 is 0 Å². The van der Waals surface area contributed by atoms with Gasteiger partial charge in [-0.2, -0.15) is 13.2 Å². The zero-order valence-electron chi connectivity index (χ0n) is 22.9. The molecule has 0 amide bonds. The number of nitrogens with zero attached hydrogens (tertiary/aromatic N) is 4. The number of hydrogen-bond acceptors (Lipinski definition) is 6. The fourth-order valence-electron chi connectivity index (χ4n) is 5.26. The third-order valence-corrected chi connectivity index (χ3v) is 8.65. The van der Waals surface area contributed by atoms with Gasteiger partial charge in [0.1, 0.15) is 5.60 Å². The Morgan fingerprint density at radius 1 is 1.17 bits per heavy atom. The summed E-state index contributed by atoms with van der Waals surface area (Å²) in [6, 6.07) is 14.3. The molecule has 1 aliphatic heterocycles. The first-order chi connectivity index (χ1) is 19.2. The summed E-state index contributed by atoms with van der Waals surface area (Å²) in [6.45, 7) is 8.08. The summed E-state index contributed by atoms with van der Waals surface area (Å²) >= 11 is -1.51. The van der Waals surface area contributed by atoms with E-state index in [1.54, 1.807) is 19.1 Å². The van der Waals surface area contributed by atoms with Crippen molar-refractivity contribution in [2.24, 2.45) is 0 Å². The second-order valence-corrected chi connectivity index (χ2v) is 12.3. The van der Waals surface area contributed by atoms with Crippen LogP contribution in [0.4, 0.5) is 13.2 Å². The van der Waals surface area contributed by atoms with Gasteiger partial charge in [0, 0.05) is 12.1 Å². The van der Waals surface area contributed by atoms with Crippen LogP contribution in [0.3, 0.4) is 0 Å². The Balaban J connectivity index is 1.54. The number of benzene rings is 2. The van der Waals surface area contributed by atoms with Crippen LogP contribution in [-0.4, -0.2) is 46.7 Å². The summed E-state index contributed by atoms with van der Waals surface area (Å²) in [4.78, 5) is 12.5. The van der Waals surface area contributed by atoms with E-state index < -0.39 is 40.9 Å². The number of aromatic nitrogens is 3. The number of halogens is 3. The van der Waals surface area contributed by atoms with E-state index in [1.165, 1.54) is 12.3 Å². The number of carbonyl (C=O) groups is 1. The maximum absolute atomic E-state index is 13.7. The molecule has 5 rings (SSSR count). The van der Waals surface area contributed by atoms with E-state index in [4.69, 9.17) is 4.74 Å². The summed E-state index contributed by atoms with van der Waals surface area (Å²) in [6.07, 6.45) is -3.75. The Kier molecular flexibility index (Phi) is 7.51. The first kappa shape index (κ1) is 28.9. The molecule has 2 atom stereocenters. The largest absolute Gasteiger partial charge is 0.593 e. The first-order valence-electron chi connectivity index (χ1n) is 12.9. The number of fused-ring (bicyclic) bond motifs is 2. The van der Waals surface area contributed by atoms with Gasteiger partial charge >= 0.3 is 12.1 Å². The van der Waals surface area contributed by atoms with Crippen molar-refractivity contribution >= 4 is 23.0 Å². The maximum atomic E-state index is 13.7. The zero-order valence-corrected chi connectivity index (χ0v) is 23.7. The van der Waals surface area contributed by atoms with Crippen molar-refractivity contribution in [3.05, 3.63) is 88.4 Å². The van der Waals surface area contributed by atoms with Gasteiger partial charge in [-0.1, -0.05) is 30.3 Å². The van der Waals surface area contributed by atoms with Crippen molar-refractivity contribution in [1.82, 2.24) is 18.9 Å². The lowest BCUT2D eigenvalue weighted by atomic mass is 9.85. The van der Waals surface area contributed by atoms with Crippen LogP contribution in [-0.2, 0) is 28.9 Å². The third kappa shape index (κ3) is 5.77. The fraction of sp³-hybridized carbons (Fsp3) is 0.345. The summed E-state index contributed by atoms with van der Waals surface area (Å²) in [7, 11) is 0. The molecule has 0 aliphatic carbocycles. The van der Waals surface area contributed by atoms with Crippen LogP contribution in [0.15, 0.2) is 59.6 Å². The van der Waals surface area contributed by atoms with Crippen molar-refractivity contribution in [2.75, 3.05) is 6.54 Å². The van der Waals surface area contributed by atoms with Gasteiger partial charge in [-0.3, -0.25) is 9.20 Å². The van der Waals surface area contributed by atoms with Gasteiger partial charge in [-0.25, -0.2) is 0 Å². The van der Waals surface area contributed by atoms with Crippen LogP contribution in [0.5, 0.6) is 5.75 Å². The predicted molar refractivity (Wildman–Crippen MR) is 146 cm³/mol. The summed E-state index contributed by atoms with van der Waals surface area (Å²) in [5, 5.41) is 16.9. The molecule has 41 heavy (non-hydrogen) atoms. The van der Waals surface area contributed by atoms with Crippen LogP contribution in [0, 0.1) is 13.8 Å². The highest BCUT2D eigenvalue weighted by Crippen LogP contribution is 2.37. The molecule has 216 valence electrons. The molecule has 8 nitrogen and oxygen atoms in total. The highest BCUT2D eigenvalue weighted by Gasteiger charge is 2.39. The molecular weight excluding hydrogens is 557 g/mol. The predicted octanol–water partition coefficient (Wildman–Crippen LogP) is 5.67. The number of rotatable bonds is 6. The third-order valence-electron chi connectivity index (χ3n) is 7.21. The van der Waals surface area contributed by atoms with Gasteiger partial charge in [0.2, 0.25) is 10.7 Å². The second kappa shape index (κ2) is 10.7. The molecule has 2 aromatic heterocycles. The van der Waals surface area contributed by atoms with Gasteiger partial charge in [-0.15, -0.1) is 14.5 Å². The molecule has 0 bridgehead atoms. The smallest absolute Gasteiger partial charge is 0.452 e. The average Bonchev–Trinajstić information content (AvgIpc) is 3.30. The topological polar surface area (TPSA) is 103 Å². The number of carboxylic acids is 1. The molecule has 4 aromatic rings. The minimum Gasteiger partial charge on any atom is -0.593 e. The van der Waals surface area contributed by atoms with Gasteiger partial charge in [-0.05, 0) is 73.7 Å². The number of aliphatic carboxylic acids is 1. The molecule has 12 heteroatoms. The number of hydrogen-bond donors (Lipinski definition) is 1. The Hall–Kier alpha value is -3.61. The highest BCUT2D eigenvalue weighted by atomic mass is 32.2. The van der Waals surface area contributed by atoms with Crippen molar-refractivity contribution in [3.8, 4) is 5.75 Å². The monoisotopic (exact) mass is 586 g/mol. The second-order valence-electron chi connectivity index (χ2n) is 10.8. The summed E-state index contributed by atoms with van der Waals surface area (Å²) in [5.74, 6) is -2.30. The van der Waals surface area contributed by atoms with Gasteiger partial charge < -0.3 is 14.4 Å². The SMILES string of the molecule is Cc1ccc(C(CC(=O)O)c2ccn3c(C(F)(F)F)nnc3c2C)cc1CN1CC(C)(C)Oc2ccccc2[S+]1[O-]. The standard InChI is InChI=1S/C29H29F3N4O4S/c1-17-9-10-19(13-20(17)15-35-16-28(3,4)40-23-7-5-6-8-24(23)41(35)39)22(14-25(37)38)21-11-12-36-26(18(21)2)33-34-27(36)29(30,31)32/h5-13,22H,14-16H2,1-4H3,(H,37,38). The molecule has 0 spiro atoms. The van der Waals surface area contributed by atoms with Crippen LogP contribution < -0.4 is 4.74 Å². The normalized spacial score (nSPS) is 18.0. The van der Waals surface area contributed by atoms with E-state index in [0.29, 0.717) is 40.4 Å². The minimum absolute atomic E-state index is 0.0124. The lowest BCUT2D eigenvalue weighted by Gasteiger charge is -2.28. The van der Waals surface area contributed by atoms with Gasteiger partial charge in [0.25, 0.3) is 0 Å². The van der Waals surface area contributed by atoms with E-state index in [-0.39, 0.29) is 12.1 Å². The molecule has 3 heterocycles. The van der Waals surface area contributed by atoms with Crippen molar-refractivity contribution in [3.63, 3.8) is 0 Å². The van der Waals surface area contributed by atoms with Crippen molar-refractivity contribution in [2.45, 2.75) is 63.3 Å². The molecular formula is C29H29F3N4O4S. The molecule has 2 unspecified atom stereocenters. The fourth-order valence-corrected chi connectivity index (χ4v) is 6.70. The lowest BCUT2D eigenvalue weighted by molar-refractivity contribution is -0.145. The van der Waals surface area contributed by atoms with E-state index in [1.807, 2.05) is 55.4 Å². The Bertz CT molecular complexity index is 1620. The van der Waals surface area contributed by atoms with E-state index in [0.717, 1.165) is 15.5 Å². The number of aryl methyl sites for hydroxylation is 2. The molecule has 1 N–H and O–H groups in total. The van der Waals surface area contributed by atoms with Crippen LogP contribution in [0.25, 0.3) is 5.65 Å². The van der Waals surface area contributed by atoms with Gasteiger partial charge in [0.15, 0.2) is 11.4 Å². The van der Waals surface area contributed by atoms with Crippen molar-refractivity contribution < 1.29 is 32.4 Å². The minimum atomic E-state index is -4.69. The summed E-state index contributed by atoms with van der Waals surface area (Å²) < 4.78 is 62.7. The lowest BCUT2D eigenvalue weighted by Crippen LogP contribution is -2.42. The van der Waals surface area contributed by atoms with E-state index in [9.17, 15) is 27.6 Å². The summed E-state index contributed by atoms with van der Waals surface area (Å²) in [5.41, 5.74) is 2.79. The Morgan fingerprint density at radius 2 is 1.90 bits per heavy atom. The van der Waals surface area contributed by atoms with Gasteiger partial charge in [0.05, 0.1) is 30.9 Å². The molecule has 0 fully saturated rings. The zero-order chi connectivity index (χ0) is 29.7. The molecule has 0 radical (unpaired) electrons. The highest BCUT2D eigenvalue weighted by molar-refractivity contribution is 7.89. The average molecular weight is 587 g/mol. The number of alkyl halides is 3.